The largest absolute Gasteiger partial charge is 0.495 e. The molecule has 0 aromatic heterocycles. The summed E-state index contributed by atoms with van der Waals surface area (Å²) in [4.78, 5) is 16.2. The lowest BCUT2D eigenvalue weighted by Gasteiger charge is -2.43. The van der Waals surface area contributed by atoms with Crippen LogP contribution >= 0.6 is 24.0 Å². The van der Waals surface area contributed by atoms with E-state index in [1.807, 2.05) is 18.2 Å². The first kappa shape index (κ1) is 25.5. The zero-order chi connectivity index (χ0) is 20.6. The van der Waals surface area contributed by atoms with Gasteiger partial charge in [-0.2, -0.15) is 0 Å². The van der Waals surface area contributed by atoms with Crippen molar-refractivity contribution in [2.24, 2.45) is 16.3 Å². The zero-order valence-electron chi connectivity index (χ0n) is 18.4. The van der Waals surface area contributed by atoms with Gasteiger partial charge in [0, 0.05) is 20.0 Å². The van der Waals surface area contributed by atoms with Gasteiger partial charge < -0.3 is 20.7 Å². The van der Waals surface area contributed by atoms with Crippen LogP contribution in [0, 0.1) is 11.3 Å². The second-order valence-corrected chi connectivity index (χ2v) is 8.22. The number of hydrogen-bond acceptors (Lipinski definition) is 3. The molecule has 29 heavy (non-hydrogen) atoms. The van der Waals surface area contributed by atoms with Crippen LogP contribution in [0.25, 0.3) is 0 Å². The molecule has 1 fully saturated rings. The van der Waals surface area contributed by atoms with Crippen molar-refractivity contribution >= 4 is 41.5 Å². The SMILES string of the molecule is CCNC(=NCc1ccc(OC)c(NC(C)=O)c1)NCC1(CC(C)C)CCC1.I. The lowest BCUT2D eigenvalue weighted by atomic mass is 9.64. The van der Waals surface area contributed by atoms with Crippen LogP contribution in [0.4, 0.5) is 5.69 Å². The number of carbonyl (C=O) groups excluding carboxylic acids is 1. The topological polar surface area (TPSA) is 74.8 Å². The van der Waals surface area contributed by atoms with E-state index in [1.54, 1.807) is 7.11 Å². The lowest BCUT2D eigenvalue weighted by molar-refractivity contribution is -0.114. The molecule has 164 valence electrons. The number of anilines is 1. The van der Waals surface area contributed by atoms with Crippen LogP contribution in [-0.2, 0) is 11.3 Å². The van der Waals surface area contributed by atoms with Gasteiger partial charge in [-0.15, -0.1) is 24.0 Å². The summed E-state index contributed by atoms with van der Waals surface area (Å²) in [5, 5.41) is 9.71. The Balaban J connectivity index is 0.00000420. The number of methoxy groups -OCH3 is 1. The fraction of sp³-hybridized carbons (Fsp3) is 0.636. The van der Waals surface area contributed by atoms with Crippen LogP contribution in [0.5, 0.6) is 5.75 Å². The van der Waals surface area contributed by atoms with Gasteiger partial charge >= 0.3 is 0 Å². The molecule has 1 aromatic carbocycles. The van der Waals surface area contributed by atoms with E-state index >= 15 is 0 Å². The van der Waals surface area contributed by atoms with E-state index in [0.717, 1.165) is 24.6 Å². The fourth-order valence-corrected chi connectivity index (χ4v) is 3.92. The molecule has 0 unspecified atom stereocenters. The quantitative estimate of drug-likeness (QED) is 0.256. The number of halogens is 1. The number of guanidine groups is 1. The average molecular weight is 516 g/mol. The third-order valence-electron chi connectivity index (χ3n) is 5.22. The van der Waals surface area contributed by atoms with Gasteiger partial charge in [0.25, 0.3) is 0 Å². The predicted molar refractivity (Wildman–Crippen MR) is 131 cm³/mol. The number of hydrogen-bond donors (Lipinski definition) is 3. The van der Waals surface area contributed by atoms with E-state index in [4.69, 9.17) is 9.73 Å². The molecule has 1 saturated carbocycles. The second kappa shape index (κ2) is 12.2. The van der Waals surface area contributed by atoms with Crippen LogP contribution in [0.15, 0.2) is 23.2 Å². The van der Waals surface area contributed by atoms with E-state index in [0.29, 0.717) is 29.3 Å². The Kier molecular flexibility index (Phi) is 10.8. The van der Waals surface area contributed by atoms with Gasteiger partial charge in [0.05, 0.1) is 19.3 Å². The minimum atomic E-state index is -0.120. The van der Waals surface area contributed by atoms with Gasteiger partial charge in [0.2, 0.25) is 5.91 Å². The van der Waals surface area contributed by atoms with Crippen molar-refractivity contribution in [3.63, 3.8) is 0 Å². The molecule has 0 saturated heterocycles. The molecule has 7 heteroatoms. The Morgan fingerprint density at radius 2 is 2.00 bits per heavy atom. The minimum absolute atomic E-state index is 0. The van der Waals surface area contributed by atoms with Crippen LogP contribution in [0.2, 0.25) is 0 Å². The molecule has 2 rings (SSSR count). The van der Waals surface area contributed by atoms with Crippen molar-refractivity contribution in [2.45, 2.75) is 59.9 Å². The number of aliphatic imine (C=N–C) groups is 1. The van der Waals surface area contributed by atoms with E-state index < -0.39 is 0 Å². The van der Waals surface area contributed by atoms with Crippen molar-refractivity contribution in [1.29, 1.82) is 0 Å². The fourth-order valence-electron chi connectivity index (χ4n) is 3.92. The highest BCUT2D eigenvalue weighted by Gasteiger charge is 2.37. The Morgan fingerprint density at radius 3 is 2.52 bits per heavy atom. The van der Waals surface area contributed by atoms with Gasteiger partial charge in [0.15, 0.2) is 5.96 Å². The smallest absolute Gasteiger partial charge is 0.221 e. The predicted octanol–water partition coefficient (Wildman–Crippen LogP) is 4.54. The second-order valence-electron chi connectivity index (χ2n) is 8.22. The van der Waals surface area contributed by atoms with Crippen LogP contribution in [0.1, 0.15) is 58.9 Å². The first-order valence-corrected chi connectivity index (χ1v) is 10.3. The number of benzene rings is 1. The number of nitrogens with zero attached hydrogens (tertiary/aromatic N) is 1. The summed E-state index contributed by atoms with van der Waals surface area (Å²) in [6.45, 7) is 10.5. The molecule has 0 aliphatic heterocycles. The average Bonchev–Trinajstić information content (AvgIpc) is 2.60. The maximum Gasteiger partial charge on any atom is 0.221 e. The molecule has 3 N–H and O–H groups in total. The van der Waals surface area contributed by atoms with Crippen molar-refractivity contribution in [1.82, 2.24) is 10.6 Å². The number of nitrogens with one attached hydrogen (secondary N) is 3. The molecule has 1 amide bonds. The summed E-state index contributed by atoms with van der Waals surface area (Å²) in [6, 6.07) is 5.76. The van der Waals surface area contributed by atoms with Gasteiger partial charge in [-0.1, -0.05) is 26.3 Å². The zero-order valence-corrected chi connectivity index (χ0v) is 20.8. The molecule has 1 aromatic rings. The minimum Gasteiger partial charge on any atom is -0.495 e. The van der Waals surface area contributed by atoms with E-state index in [-0.39, 0.29) is 29.9 Å². The van der Waals surface area contributed by atoms with E-state index in [9.17, 15) is 4.79 Å². The summed E-state index contributed by atoms with van der Waals surface area (Å²) in [5.74, 6) is 2.08. The lowest BCUT2D eigenvalue weighted by Crippen LogP contribution is -2.47. The summed E-state index contributed by atoms with van der Waals surface area (Å²) >= 11 is 0. The van der Waals surface area contributed by atoms with Gasteiger partial charge in [0.1, 0.15) is 5.75 Å². The van der Waals surface area contributed by atoms with Crippen LogP contribution in [0.3, 0.4) is 0 Å². The maximum atomic E-state index is 11.4. The number of rotatable bonds is 9. The van der Waals surface area contributed by atoms with Crippen molar-refractivity contribution in [2.75, 3.05) is 25.5 Å². The number of carbonyl (C=O) groups is 1. The first-order chi connectivity index (χ1) is 13.4. The highest BCUT2D eigenvalue weighted by atomic mass is 127. The molecule has 0 atom stereocenters. The Hall–Kier alpha value is -1.51. The molecule has 1 aliphatic carbocycles. The summed E-state index contributed by atoms with van der Waals surface area (Å²) in [7, 11) is 1.60. The molecule has 6 nitrogen and oxygen atoms in total. The van der Waals surface area contributed by atoms with Crippen molar-refractivity contribution < 1.29 is 9.53 Å². The highest BCUT2D eigenvalue weighted by molar-refractivity contribution is 14.0. The number of amides is 1. The van der Waals surface area contributed by atoms with Gasteiger partial charge in [-0.05, 0) is 55.2 Å². The van der Waals surface area contributed by atoms with Crippen LogP contribution in [-0.4, -0.2) is 32.1 Å². The molecular formula is C22H37IN4O2. The summed E-state index contributed by atoms with van der Waals surface area (Å²) in [6.07, 6.45) is 5.20. The maximum absolute atomic E-state index is 11.4. The normalized spacial score (nSPS) is 15.2. The number of ether oxygens (including phenoxy) is 1. The molecular weight excluding hydrogens is 479 g/mol. The molecule has 0 bridgehead atoms. The Morgan fingerprint density at radius 1 is 1.28 bits per heavy atom. The van der Waals surface area contributed by atoms with Crippen LogP contribution < -0.4 is 20.7 Å². The molecule has 0 spiro atoms. The third-order valence-corrected chi connectivity index (χ3v) is 5.22. The Bertz CT molecular complexity index is 687. The highest BCUT2D eigenvalue weighted by Crippen LogP contribution is 2.45. The molecule has 1 aliphatic rings. The Labute approximate surface area is 192 Å². The molecule has 0 heterocycles. The van der Waals surface area contributed by atoms with Crippen molar-refractivity contribution in [3.8, 4) is 5.75 Å². The summed E-state index contributed by atoms with van der Waals surface area (Å²) < 4.78 is 5.32. The van der Waals surface area contributed by atoms with Gasteiger partial charge in [-0.25, -0.2) is 4.99 Å². The summed E-state index contributed by atoms with van der Waals surface area (Å²) in [5.41, 5.74) is 2.11. The standard InChI is InChI=1S/C22H36N4O2.HI/c1-6-23-21(25-15-22(10-7-11-22)13-16(2)3)24-14-18-8-9-20(28-5)19(12-18)26-17(4)27;/h8-9,12,16H,6-7,10-11,13-15H2,1-5H3,(H,26,27)(H2,23,24,25);1H. The van der Waals surface area contributed by atoms with E-state index in [2.05, 4.69) is 36.7 Å². The first-order valence-electron chi connectivity index (χ1n) is 10.3. The van der Waals surface area contributed by atoms with E-state index in [1.165, 1.54) is 32.6 Å². The van der Waals surface area contributed by atoms with Crippen molar-refractivity contribution in [3.05, 3.63) is 23.8 Å². The monoisotopic (exact) mass is 516 g/mol. The van der Waals surface area contributed by atoms with Gasteiger partial charge in [-0.3, -0.25) is 4.79 Å². The third kappa shape index (κ3) is 8.03. The molecule has 0 radical (unpaired) electrons.